The molecule has 2 atom stereocenters. The molecule has 138 valence electrons. The van der Waals surface area contributed by atoms with Crippen molar-refractivity contribution in [3.05, 3.63) is 70.0 Å². The molecule has 0 spiro atoms. The lowest BCUT2D eigenvalue weighted by Crippen LogP contribution is -2.13. The molecule has 0 heterocycles. The highest BCUT2D eigenvalue weighted by Crippen LogP contribution is 2.50. The Balaban J connectivity index is 2.13. The maximum atomic E-state index is 14.3. The Hall–Kier alpha value is -2.08. The number of ether oxygens (including phenoxy) is 1. The lowest BCUT2D eigenvalue weighted by molar-refractivity contribution is -0.138. The molecule has 0 aromatic heterocycles. The van der Waals surface area contributed by atoms with E-state index in [1.54, 1.807) is 6.92 Å². The van der Waals surface area contributed by atoms with Crippen LogP contribution in [-0.4, -0.2) is 12.6 Å². The van der Waals surface area contributed by atoms with E-state index in [0.717, 1.165) is 12.1 Å². The molecule has 2 nitrogen and oxygen atoms in total. The van der Waals surface area contributed by atoms with Gasteiger partial charge in [-0.05, 0) is 48.2 Å². The molecule has 2 aromatic carbocycles. The lowest BCUT2D eigenvalue weighted by Gasteiger charge is -2.19. The first kappa shape index (κ1) is 18.7. The van der Waals surface area contributed by atoms with Crippen LogP contribution >= 0.6 is 11.6 Å². The van der Waals surface area contributed by atoms with Crippen LogP contribution in [0, 0.1) is 5.82 Å². The van der Waals surface area contributed by atoms with E-state index in [4.69, 9.17) is 16.3 Å². The van der Waals surface area contributed by atoms with Gasteiger partial charge in [-0.25, -0.2) is 9.18 Å². The maximum absolute atomic E-state index is 14.3. The van der Waals surface area contributed by atoms with Crippen molar-refractivity contribution in [2.75, 3.05) is 6.61 Å². The molecule has 7 heteroatoms. The zero-order chi connectivity index (χ0) is 19.1. The van der Waals surface area contributed by atoms with Gasteiger partial charge in [0.2, 0.25) is 0 Å². The molecule has 0 aliphatic heterocycles. The predicted octanol–water partition coefficient (Wildman–Crippen LogP) is 5.84. The summed E-state index contributed by atoms with van der Waals surface area (Å²) in [4.78, 5) is 11.9. The van der Waals surface area contributed by atoms with Gasteiger partial charge in [0.25, 0.3) is 0 Å². The smallest absolute Gasteiger partial charge is 0.416 e. The summed E-state index contributed by atoms with van der Waals surface area (Å²) in [6, 6.07) is 7.61. The molecule has 0 fully saturated rings. The Labute approximate surface area is 152 Å². The van der Waals surface area contributed by atoms with Crippen LogP contribution in [0.4, 0.5) is 17.6 Å². The average molecular weight is 387 g/mol. The van der Waals surface area contributed by atoms with E-state index in [9.17, 15) is 22.4 Å². The molecule has 3 rings (SSSR count). The number of halogens is 5. The second kappa shape index (κ2) is 6.91. The molecule has 0 saturated carbocycles. The fourth-order valence-corrected chi connectivity index (χ4v) is 3.73. The summed E-state index contributed by atoms with van der Waals surface area (Å²) in [6.07, 6.45) is -4.33. The average Bonchev–Trinajstić information content (AvgIpc) is 2.89. The van der Waals surface area contributed by atoms with Crippen molar-refractivity contribution in [2.24, 2.45) is 0 Å². The van der Waals surface area contributed by atoms with Gasteiger partial charge < -0.3 is 4.74 Å². The van der Waals surface area contributed by atoms with Gasteiger partial charge in [-0.1, -0.05) is 18.2 Å². The first-order valence-corrected chi connectivity index (χ1v) is 8.48. The molecule has 0 radical (unpaired) electrons. The quantitative estimate of drug-likeness (QED) is 0.376. The number of benzene rings is 2. The van der Waals surface area contributed by atoms with Gasteiger partial charge in [0.1, 0.15) is 5.82 Å². The number of fused-ring (bicyclic) bond motifs is 1. The molecule has 2 unspecified atom stereocenters. The minimum atomic E-state index is -4.52. The van der Waals surface area contributed by atoms with Gasteiger partial charge in [-0.2, -0.15) is 13.2 Å². The van der Waals surface area contributed by atoms with Crippen molar-refractivity contribution >= 4 is 17.6 Å². The second-order valence-electron chi connectivity index (χ2n) is 6.02. The van der Waals surface area contributed by atoms with Crippen LogP contribution in [0.3, 0.4) is 0 Å². The summed E-state index contributed by atoms with van der Waals surface area (Å²) in [5, 5.41) is -0.637. The summed E-state index contributed by atoms with van der Waals surface area (Å²) in [6.45, 7) is 1.65. The molecule has 0 N–H and O–H groups in total. The summed E-state index contributed by atoms with van der Waals surface area (Å²) >= 11 is 6.25. The van der Waals surface area contributed by atoms with E-state index in [0.29, 0.717) is 11.1 Å². The SMILES string of the molecule is CCOC(=O)c1cc2c(cc1F)C(Cl)CC2c1ccccc1C(F)(F)F. The first-order valence-electron chi connectivity index (χ1n) is 8.04. The molecule has 0 saturated heterocycles. The Morgan fingerprint density at radius 3 is 2.54 bits per heavy atom. The van der Waals surface area contributed by atoms with Gasteiger partial charge in [0.05, 0.1) is 23.1 Å². The number of carbonyl (C=O) groups is 1. The van der Waals surface area contributed by atoms with E-state index < -0.39 is 34.8 Å². The number of rotatable bonds is 3. The predicted molar refractivity (Wildman–Crippen MR) is 88.9 cm³/mol. The monoisotopic (exact) mass is 386 g/mol. The first-order chi connectivity index (χ1) is 12.2. The molecular weight excluding hydrogens is 372 g/mol. The Kier molecular flexibility index (Phi) is 4.97. The Bertz CT molecular complexity index is 848. The third kappa shape index (κ3) is 3.30. The van der Waals surface area contributed by atoms with Crippen LogP contribution in [0.5, 0.6) is 0 Å². The summed E-state index contributed by atoms with van der Waals surface area (Å²) < 4.78 is 59.2. The lowest BCUT2D eigenvalue weighted by atomic mass is 9.88. The molecule has 0 bridgehead atoms. The molecule has 26 heavy (non-hydrogen) atoms. The van der Waals surface area contributed by atoms with Gasteiger partial charge in [0.15, 0.2) is 0 Å². The van der Waals surface area contributed by atoms with Crippen molar-refractivity contribution in [3.63, 3.8) is 0 Å². The van der Waals surface area contributed by atoms with E-state index in [1.807, 2.05) is 0 Å². The number of esters is 1. The zero-order valence-corrected chi connectivity index (χ0v) is 14.5. The molecule has 2 aromatic rings. The molecule has 1 aliphatic rings. The van der Waals surface area contributed by atoms with Gasteiger partial charge in [0, 0.05) is 5.92 Å². The number of hydrogen-bond donors (Lipinski definition) is 0. The van der Waals surface area contributed by atoms with Crippen LogP contribution in [0.1, 0.15) is 57.3 Å². The topological polar surface area (TPSA) is 26.3 Å². The summed E-state index contributed by atoms with van der Waals surface area (Å²) in [5.41, 5.74) is -0.175. The fourth-order valence-electron chi connectivity index (χ4n) is 3.36. The molecule has 0 amide bonds. The Morgan fingerprint density at radius 1 is 1.19 bits per heavy atom. The minimum Gasteiger partial charge on any atom is -0.462 e. The van der Waals surface area contributed by atoms with Crippen molar-refractivity contribution < 1.29 is 27.1 Å². The van der Waals surface area contributed by atoms with E-state index in [2.05, 4.69) is 0 Å². The molecular formula is C19H15ClF4O2. The summed E-state index contributed by atoms with van der Waals surface area (Å²) in [5.74, 6) is -2.33. The number of hydrogen-bond acceptors (Lipinski definition) is 2. The highest BCUT2D eigenvalue weighted by atomic mass is 35.5. The zero-order valence-electron chi connectivity index (χ0n) is 13.7. The van der Waals surface area contributed by atoms with E-state index >= 15 is 0 Å². The van der Waals surface area contributed by atoms with Crippen molar-refractivity contribution in [1.29, 1.82) is 0 Å². The van der Waals surface area contributed by atoms with Crippen LogP contribution in [0.15, 0.2) is 36.4 Å². The van der Waals surface area contributed by atoms with Gasteiger partial charge >= 0.3 is 12.1 Å². The number of alkyl halides is 4. The largest absolute Gasteiger partial charge is 0.462 e. The second-order valence-corrected chi connectivity index (χ2v) is 6.55. The summed E-state index contributed by atoms with van der Waals surface area (Å²) in [7, 11) is 0. The highest BCUT2D eigenvalue weighted by molar-refractivity contribution is 6.21. The van der Waals surface area contributed by atoms with E-state index in [1.165, 1.54) is 24.3 Å². The van der Waals surface area contributed by atoms with Crippen LogP contribution in [-0.2, 0) is 10.9 Å². The van der Waals surface area contributed by atoms with Crippen molar-refractivity contribution in [3.8, 4) is 0 Å². The van der Waals surface area contributed by atoms with Gasteiger partial charge in [-0.3, -0.25) is 0 Å². The minimum absolute atomic E-state index is 0.0609. The third-order valence-corrected chi connectivity index (χ3v) is 4.88. The molecule has 1 aliphatic carbocycles. The van der Waals surface area contributed by atoms with Crippen molar-refractivity contribution in [1.82, 2.24) is 0 Å². The third-order valence-electron chi connectivity index (χ3n) is 4.47. The number of carbonyl (C=O) groups excluding carboxylic acids is 1. The van der Waals surface area contributed by atoms with Crippen LogP contribution in [0.25, 0.3) is 0 Å². The van der Waals surface area contributed by atoms with E-state index in [-0.39, 0.29) is 24.2 Å². The van der Waals surface area contributed by atoms with Crippen LogP contribution in [0.2, 0.25) is 0 Å². The Morgan fingerprint density at radius 2 is 1.88 bits per heavy atom. The maximum Gasteiger partial charge on any atom is 0.416 e. The highest BCUT2D eigenvalue weighted by Gasteiger charge is 2.39. The van der Waals surface area contributed by atoms with Crippen LogP contribution < -0.4 is 0 Å². The fraction of sp³-hybridized carbons (Fsp3) is 0.316. The normalized spacial score (nSPS) is 19.3. The van der Waals surface area contributed by atoms with Gasteiger partial charge in [-0.15, -0.1) is 11.6 Å². The standard InChI is InChI=1S/C19H15ClF4O2/c1-2-26-18(25)14-7-11-12(8-16(20)13(11)9-17(14)21)10-5-3-4-6-15(10)19(22,23)24/h3-7,9,12,16H,2,8H2,1H3. The van der Waals surface area contributed by atoms with Crippen molar-refractivity contribution in [2.45, 2.75) is 30.8 Å².